The van der Waals surface area contributed by atoms with Crippen molar-refractivity contribution in [2.75, 3.05) is 26.3 Å². The summed E-state index contributed by atoms with van der Waals surface area (Å²) in [5.41, 5.74) is 1.07. The molecule has 0 unspecified atom stereocenters. The highest BCUT2D eigenvalue weighted by Crippen LogP contribution is 2.06. The van der Waals surface area contributed by atoms with E-state index in [0.29, 0.717) is 0 Å². The first kappa shape index (κ1) is 10.7. The van der Waals surface area contributed by atoms with Gasteiger partial charge in [0.2, 0.25) is 5.90 Å². The minimum absolute atomic E-state index is 0.726. The van der Waals surface area contributed by atoms with Crippen molar-refractivity contribution in [3.8, 4) is 0 Å². The van der Waals surface area contributed by atoms with E-state index in [1.54, 1.807) is 0 Å². The largest absolute Gasteiger partial charge is 0.482 e. The maximum atomic E-state index is 5.29. The predicted molar refractivity (Wildman–Crippen MR) is 63.1 cm³/mol. The lowest BCUT2D eigenvalue weighted by Gasteiger charge is -1.98. The summed E-state index contributed by atoms with van der Waals surface area (Å²) in [5.74, 6) is 0.783. The molecule has 0 amide bonds. The number of ether oxygens (including phenoxy) is 2. The average Bonchev–Trinajstić information content (AvgIpc) is 3.07. The summed E-state index contributed by atoms with van der Waals surface area (Å²) in [6.07, 6.45) is 1.49. The van der Waals surface area contributed by atoms with E-state index in [9.17, 15) is 0 Å². The minimum Gasteiger partial charge on any atom is -0.482 e. The maximum Gasteiger partial charge on any atom is 0.216 e. The van der Waals surface area contributed by atoms with Gasteiger partial charge in [0, 0.05) is 5.56 Å². The molecule has 84 valence electrons. The molecule has 2 aliphatic heterocycles. The highest BCUT2D eigenvalue weighted by molar-refractivity contribution is 5.94. The Hall–Kier alpha value is -1.84. The Morgan fingerprint density at radius 3 is 2.38 bits per heavy atom. The fourth-order valence-corrected chi connectivity index (χ4v) is 1.35. The van der Waals surface area contributed by atoms with Gasteiger partial charge >= 0.3 is 0 Å². The van der Waals surface area contributed by atoms with Crippen LogP contribution in [0.2, 0.25) is 0 Å². The fraction of sp³-hybridized carbons (Fsp3) is 0.333. The highest BCUT2D eigenvalue weighted by Gasteiger charge is 2.07. The zero-order chi connectivity index (χ0) is 11.1. The number of hydrogen-bond donors (Lipinski definition) is 0. The molecule has 0 bridgehead atoms. The Kier molecular flexibility index (Phi) is 3.94. The Morgan fingerprint density at radius 1 is 1.00 bits per heavy atom. The van der Waals surface area contributed by atoms with Crippen LogP contribution in [-0.2, 0) is 9.47 Å². The van der Waals surface area contributed by atoms with E-state index >= 15 is 0 Å². The van der Waals surface area contributed by atoms with Crippen molar-refractivity contribution in [2.45, 2.75) is 0 Å². The van der Waals surface area contributed by atoms with Crippen LogP contribution < -0.4 is 0 Å². The van der Waals surface area contributed by atoms with Crippen LogP contribution >= 0.6 is 0 Å². The summed E-state index contributed by atoms with van der Waals surface area (Å²) in [7, 11) is 0. The average molecular weight is 218 g/mol. The molecule has 0 N–H and O–H groups in total. The van der Waals surface area contributed by atoms with E-state index in [1.165, 1.54) is 6.40 Å². The molecule has 1 aromatic carbocycles. The second-order valence-corrected chi connectivity index (χ2v) is 3.28. The minimum atomic E-state index is 0.726. The van der Waals surface area contributed by atoms with Crippen LogP contribution in [0.4, 0.5) is 0 Å². The smallest absolute Gasteiger partial charge is 0.216 e. The third-order valence-corrected chi connectivity index (χ3v) is 2.09. The predicted octanol–water partition coefficient (Wildman–Crippen LogP) is 1.51. The van der Waals surface area contributed by atoms with Gasteiger partial charge in [-0.2, -0.15) is 0 Å². The van der Waals surface area contributed by atoms with Gasteiger partial charge in [-0.1, -0.05) is 18.2 Å². The molecular formula is C12H14N2O2. The van der Waals surface area contributed by atoms with Gasteiger partial charge in [0.15, 0.2) is 6.40 Å². The third-order valence-electron chi connectivity index (χ3n) is 2.09. The topological polar surface area (TPSA) is 43.2 Å². The van der Waals surface area contributed by atoms with Crippen molar-refractivity contribution in [1.29, 1.82) is 0 Å². The van der Waals surface area contributed by atoms with Gasteiger partial charge in [-0.25, -0.2) is 4.99 Å². The van der Waals surface area contributed by atoms with Gasteiger partial charge in [0.25, 0.3) is 0 Å². The molecule has 16 heavy (non-hydrogen) atoms. The molecule has 0 saturated carbocycles. The lowest BCUT2D eigenvalue weighted by molar-refractivity contribution is 0.348. The molecule has 2 aliphatic rings. The van der Waals surface area contributed by atoms with Gasteiger partial charge in [-0.3, -0.25) is 4.99 Å². The van der Waals surface area contributed by atoms with Crippen molar-refractivity contribution in [3.05, 3.63) is 35.9 Å². The molecular weight excluding hydrogens is 204 g/mol. The first-order valence-electron chi connectivity index (χ1n) is 5.29. The summed E-state index contributed by atoms with van der Waals surface area (Å²) < 4.78 is 9.94. The lowest BCUT2D eigenvalue weighted by Crippen LogP contribution is -1.99. The van der Waals surface area contributed by atoms with E-state index in [2.05, 4.69) is 14.7 Å². The Morgan fingerprint density at radius 2 is 1.88 bits per heavy atom. The van der Waals surface area contributed by atoms with E-state index in [0.717, 1.165) is 37.8 Å². The first-order valence-corrected chi connectivity index (χ1v) is 5.29. The molecule has 0 saturated heterocycles. The fourth-order valence-electron chi connectivity index (χ4n) is 1.35. The number of benzene rings is 1. The molecule has 3 rings (SSSR count). The summed E-state index contributed by atoms with van der Waals surface area (Å²) in [6, 6.07) is 9.96. The van der Waals surface area contributed by atoms with E-state index < -0.39 is 0 Å². The third kappa shape index (κ3) is 3.08. The summed E-state index contributed by atoms with van der Waals surface area (Å²) in [5, 5.41) is 0. The van der Waals surface area contributed by atoms with Gasteiger partial charge in [-0.15, -0.1) is 0 Å². The number of hydrogen-bond acceptors (Lipinski definition) is 4. The van der Waals surface area contributed by atoms with Crippen LogP contribution in [0.3, 0.4) is 0 Å². The Balaban J connectivity index is 0.000000162. The molecule has 2 heterocycles. The van der Waals surface area contributed by atoms with Crippen LogP contribution in [-0.4, -0.2) is 38.6 Å². The van der Waals surface area contributed by atoms with Crippen LogP contribution in [0.5, 0.6) is 0 Å². The lowest BCUT2D eigenvalue weighted by atomic mass is 10.2. The zero-order valence-corrected chi connectivity index (χ0v) is 9.00. The zero-order valence-electron chi connectivity index (χ0n) is 9.00. The Labute approximate surface area is 94.6 Å². The normalized spacial score (nSPS) is 16.9. The van der Waals surface area contributed by atoms with Gasteiger partial charge in [-0.05, 0) is 12.1 Å². The summed E-state index contributed by atoms with van der Waals surface area (Å²) >= 11 is 0. The molecule has 0 radical (unpaired) electrons. The molecule has 0 aromatic heterocycles. The maximum absolute atomic E-state index is 5.29. The summed E-state index contributed by atoms with van der Waals surface area (Å²) in [4.78, 5) is 7.94. The standard InChI is InChI=1S/C9H9NO.C3H5NO/c1-2-4-8(5-3-1)9-10-6-7-11-9;1-2-5-3-4-1/h1-5H,6-7H2;3H,1-2H2. The number of nitrogens with zero attached hydrogens (tertiary/aromatic N) is 2. The quantitative estimate of drug-likeness (QED) is 0.717. The molecule has 0 spiro atoms. The van der Waals surface area contributed by atoms with Crippen molar-refractivity contribution in [1.82, 2.24) is 0 Å². The van der Waals surface area contributed by atoms with Crippen molar-refractivity contribution < 1.29 is 9.47 Å². The van der Waals surface area contributed by atoms with Crippen LogP contribution in [0.25, 0.3) is 0 Å². The monoisotopic (exact) mass is 218 g/mol. The SMILES string of the molecule is C1=NCCO1.c1ccc(C2=NCCO2)cc1. The molecule has 0 fully saturated rings. The molecule has 0 aliphatic carbocycles. The number of rotatable bonds is 1. The van der Waals surface area contributed by atoms with Gasteiger partial charge in [0.05, 0.1) is 13.1 Å². The van der Waals surface area contributed by atoms with E-state index in [-0.39, 0.29) is 0 Å². The molecule has 4 nitrogen and oxygen atoms in total. The molecule has 1 aromatic rings. The first-order chi connectivity index (χ1) is 7.97. The van der Waals surface area contributed by atoms with Gasteiger partial charge < -0.3 is 9.47 Å². The second-order valence-electron chi connectivity index (χ2n) is 3.28. The van der Waals surface area contributed by atoms with E-state index in [4.69, 9.17) is 4.74 Å². The number of aliphatic imine (C=N–C) groups is 2. The summed E-state index contributed by atoms with van der Waals surface area (Å²) in [6.45, 7) is 3.15. The van der Waals surface area contributed by atoms with Gasteiger partial charge in [0.1, 0.15) is 13.2 Å². The molecule has 4 heteroatoms. The van der Waals surface area contributed by atoms with Crippen molar-refractivity contribution in [2.24, 2.45) is 9.98 Å². The van der Waals surface area contributed by atoms with Crippen molar-refractivity contribution >= 4 is 12.3 Å². The van der Waals surface area contributed by atoms with E-state index in [1.807, 2.05) is 30.3 Å². The molecule has 0 atom stereocenters. The van der Waals surface area contributed by atoms with Crippen LogP contribution in [0.15, 0.2) is 40.3 Å². The second kappa shape index (κ2) is 5.90. The van der Waals surface area contributed by atoms with Crippen LogP contribution in [0.1, 0.15) is 5.56 Å². The van der Waals surface area contributed by atoms with Crippen molar-refractivity contribution in [3.63, 3.8) is 0 Å². The highest BCUT2D eigenvalue weighted by atomic mass is 16.5. The Bertz CT molecular complexity index is 368. The van der Waals surface area contributed by atoms with Crippen LogP contribution in [0, 0.1) is 0 Å².